The smallest absolute Gasteiger partial charge is 0.335 e. The zero-order chi connectivity index (χ0) is 22.5. The molecule has 1 aromatic heterocycles. The molecule has 0 radical (unpaired) electrons. The van der Waals surface area contributed by atoms with E-state index < -0.39 is 11.9 Å². The van der Waals surface area contributed by atoms with Crippen LogP contribution >= 0.6 is 11.6 Å². The Morgan fingerprint density at radius 1 is 1.06 bits per heavy atom. The quantitative estimate of drug-likeness (QED) is 0.301. The molecule has 7 nitrogen and oxygen atoms in total. The summed E-state index contributed by atoms with van der Waals surface area (Å²) in [5.41, 5.74) is 4.59. The van der Waals surface area contributed by atoms with Crippen LogP contribution in [0.1, 0.15) is 32.0 Å². The molecule has 4 aromatic rings. The molecule has 0 aliphatic carbocycles. The van der Waals surface area contributed by atoms with Crippen LogP contribution in [-0.2, 0) is 6.61 Å². The minimum Gasteiger partial charge on any atom is -0.487 e. The zero-order valence-corrected chi connectivity index (χ0v) is 17.4. The predicted octanol–water partition coefficient (Wildman–Crippen LogP) is 5.13. The first-order chi connectivity index (χ1) is 15.5. The van der Waals surface area contributed by atoms with Crippen molar-refractivity contribution in [3.8, 4) is 5.75 Å². The summed E-state index contributed by atoms with van der Waals surface area (Å²) in [7, 11) is 0. The normalized spacial score (nSPS) is 11.0. The first-order valence-corrected chi connectivity index (χ1v) is 9.94. The lowest BCUT2D eigenvalue weighted by molar-refractivity contribution is 0.0696. The van der Waals surface area contributed by atoms with E-state index in [1.54, 1.807) is 48.5 Å². The average Bonchev–Trinajstić information content (AvgIpc) is 3.23. The van der Waals surface area contributed by atoms with Crippen molar-refractivity contribution in [1.29, 1.82) is 0 Å². The molecule has 0 bridgehead atoms. The number of ether oxygens (including phenoxy) is 1. The second kappa shape index (κ2) is 9.36. The molecule has 0 aliphatic rings. The number of carboxylic acids is 1. The maximum atomic E-state index is 12.2. The van der Waals surface area contributed by atoms with Gasteiger partial charge in [-0.05, 0) is 53.6 Å². The van der Waals surface area contributed by atoms with E-state index in [1.165, 1.54) is 12.3 Å². The number of furan rings is 1. The first-order valence-electron chi connectivity index (χ1n) is 9.56. The molecule has 0 saturated heterocycles. The Morgan fingerprint density at radius 2 is 1.91 bits per heavy atom. The molecule has 160 valence electrons. The SMILES string of the molecule is O=C(O)c1cccc(COc2ccc(/C=N/NC(=O)c3cc4ccccc4o3)cc2Cl)c1. The minimum absolute atomic E-state index is 0.164. The highest BCUT2D eigenvalue weighted by Crippen LogP contribution is 2.26. The van der Waals surface area contributed by atoms with Crippen molar-refractivity contribution in [2.75, 3.05) is 0 Å². The summed E-state index contributed by atoms with van der Waals surface area (Å²) in [6, 6.07) is 20.5. The van der Waals surface area contributed by atoms with Gasteiger partial charge in [0.1, 0.15) is 17.9 Å². The molecule has 2 N–H and O–H groups in total. The van der Waals surface area contributed by atoms with Crippen LogP contribution in [0.5, 0.6) is 5.75 Å². The van der Waals surface area contributed by atoms with E-state index in [1.807, 2.05) is 18.2 Å². The van der Waals surface area contributed by atoms with Crippen molar-refractivity contribution in [3.63, 3.8) is 0 Å². The van der Waals surface area contributed by atoms with Gasteiger partial charge in [-0.25, -0.2) is 10.2 Å². The Labute approximate surface area is 187 Å². The molecule has 0 saturated carbocycles. The Kier molecular flexibility index (Phi) is 6.19. The number of hydrogen-bond donors (Lipinski definition) is 2. The summed E-state index contributed by atoms with van der Waals surface area (Å²) in [5, 5.41) is 14.2. The van der Waals surface area contributed by atoms with Gasteiger partial charge in [-0.2, -0.15) is 5.10 Å². The lowest BCUT2D eigenvalue weighted by atomic mass is 10.1. The number of carbonyl (C=O) groups excluding carboxylic acids is 1. The highest BCUT2D eigenvalue weighted by atomic mass is 35.5. The summed E-state index contributed by atoms with van der Waals surface area (Å²) in [4.78, 5) is 23.3. The Balaban J connectivity index is 1.36. The number of carboxylic acid groups (broad SMARTS) is 1. The second-order valence-electron chi connectivity index (χ2n) is 6.83. The molecule has 32 heavy (non-hydrogen) atoms. The highest BCUT2D eigenvalue weighted by Gasteiger charge is 2.11. The largest absolute Gasteiger partial charge is 0.487 e. The predicted molar refractivity (Wildman–Crippen MR) is 120 cm³/mol. The third-order valence-electron chi connectivity index (χ3n) is 4.55. The number of amides is 1. The van der Waals surface area contributed by atoms with Gasteiger partial charge in [0.15, 0.2) is 5.76 Å². The van der Waals surface area contributed by atoms with Crippen LogP contribution in [-0.4, -0.2) is 23.2 Å². The van der Waals surface area contributed by atoms with Crippen molar-refractivity contribution >= 4 is 40.7 Å². The molecule has 0 fully saturated rings. The van der Waals surface area contributed by atoms with E-state index in [0.29, 0.717) is 27.5 Å². The molecule has 0 aliphatic heterocycles. The maximum absolute atomic E-state index is 12.2. The molecular formula is C24H17ClN2O5. The summed E-state index contributed by atoms with van der Waals surface area (Å²) in [6.07, 6.45) is 1.45. The first kappa shape index (κ1) is 21.1. The van der Waals surface area contributed by atoms with Crippen molar-refractivity contribution in [3.05, 3.63) is 100 Å². The van der Waals surface area contributed by atoms with Gasteiger partial charge in [-0.15, -0.1) is 0 Å². The van der Waals surface area contributed by atoms with Gasteiger partial charge in [0.25, 0.3) is 0 Å². The molecule has 0 spiro atoms. The Morgan fingerprint density at radius 3 is 2.69 bits per heavy atom. The van der Waals surface area contributed by atoms with E-state index >= 15 is 0 Å². The number of nitrogens with zero attached hydrogens (tertiary/aromatic N) is 1. The molecule has 3 aromatic carbocycles. The fourth-order valence-corrected chi connectivity index (χ4v) is 3.23. The standard InChI is InChI=1S/C24H17ClN2O5/c25-19-11-15(8-9-21(19)31-14-16-4-3-6-18(10-16)24(29)30)13-26-27-23(28)22-12-17-5-1-2-7-20(17)32-22/h1-13H,14H2,(H,27,28)(H,29,30)/b26-13+. The molecule has 0 unspecified atom stereocenters. The zero-order valence-electron chi connectivity index (χ0n) is 16.6. The van der Waals surface area contributed by atoms with E-state index in [4.69, 9.17) is 25.9 Å². The maximum Gasteiger partial charge on any atom is 0.335 e. The third-order valence-corrected chi connectivity index (χ3v) is 4.85. The molecule has 4 rings (SSSR count). The number of hydrazone groups is 1. The number of rotatable bonds is 7. The van der Waals surface area contributed by atoms with Crippen molar-refractivity contribution in [1.82, 2.24) is 5.43 Å². The Hall–Kier alpha value is -4.10. The fraction of sp³-hybridized carbons (Fsp3) is 0.0417. The number of halogens is 1. The number of carbonyl (C=O) groups is 2. The fourth-order valence-electron chi connectivity index (χ4n) is 2.98. The van der Waals surface area contributed by atoms with Crippen LogP contribution in [0.25, 0.3) is 11.0 Å². The molecule has 8 heteroatoms. The summed E-state index contributed by atoms with van der Waals surface area (Å²) < 4.78 is 11.2. The van der Waals surface area contributed by atoms with Crippen molar-refractivity contribution in [2.45, 2.75) is 6.61 Å². The lowest BCUT2D eigenvalue weighted by Crippen LogP contribution is -2.16. The Bertz CT molecular complexity index is 1300. The number of fused-ring (bicyclic) bond motifs is 1. The van der Waals surface area contributed by atoms with Crippen LogP contribution in [0.3, 0.4) is 0 Å². The van der Waals surface area contributed by atoms with Gasteiger partial charge in [0, 0.05) is 5.39 Å². The third kappa shape index (κ3) is 4.96. The van der Waals surface area contributed by atoms with Gasteiger partial charge in [-0.1, -0.05) is 41.9 Å². The van der Waals surface area contributed by atoms with Crippen LogP contribution in [0.4, 0.5) is 0 Å². The molecular weight excluding hydrogens is 432 g/mol. The van der Waals surface area contributed by atoms with Gasteiger partial charge in [0.05, 0.1) is 16.8 Å². The molecule has 1 heterocycles. The number of nitrogens with one attached hydrogen (secondary N) is 1. The van der Waals surface area contributed by atoms with Gasteiger partial charge >= 0.3 is 11.9 Å². The van der Waals surface area contributed by atoms with Gasteiger partial charge < -0.3 is 14.3 Å². The second-order valence-corrected chi connectivity index (χ2v) is 7.24. The summed E-state index contributed by atoms with van der Waals surface area (Å²) >= 11 is 6.28. The summed E-state index contributed by atoms with van der Waals surface area (Å²) in [6.45, 7) is 0.168. The number of hydrogen-bond acceptors (Lipinski definition) is 5. The van der Waals surface area contributed by atoms with Crippen molar-refractivity contribution < 1.29 is 23.8 Å². The van der Waals surface area contributed by atoms with Gasteiger partial charge in [0.2, 0.25) is 0 Å². The molecule has 0 atom stereocenters. The highest BCUT2D eigenvalue weighted by molar-refractivity contribution is 6.32. The van der Waals surface area contributed by atoms with E-state index in [9.17, 15) is 9.59 Å². The lowest BCUT2D eigenvalue weighted by Gasteiger charge is -2.09. The topological polar surface area (TPSA) is 101 Å². The minimum atomic E-state index is -0.999. The molecule has 1 amide bonds. The number of benzene rings is 3. The number of aromatic carboxylic acids is 1. The van der Waals surface area contributed by atoms with E-state index in [-0.39, 0.29) is 17.9 Å². The summed E-state index contributed by atoms with van der Waals surface area (Å²) in [5.74, 6) is -0.860. The number of para-hydroxylation sites is 1. The van der Waals surface area contributed by atoms with Crippen molar-refractivity contribution in [2.24, 2.45) is 5.10 Å². The van der Waals surface area contributed by atoms with Crippen LogP contribution in [0.15, 0.2) is 82.3 Å². The monoisotopic (exact) mass is 448 g/mol. The van der Waals surface area contributed by atoms with Crippen LogP contribution < -0.4 is 10.2 Å². The van der Waals surface area contributed by atoms with E-state index in [2.05, 4.69) is 10.5 Å². The van der Waals surface area contributed by atoms with Crippen LogP contribution in [0.2, 0.25) is 5.02 Å². The van der Waals surface area contributed by atoms with E-state index in [0.717, 1.165) is 5.39 Å². The van der Waals surface area contributed by atoms with Gasteiger partial charge in [-0.3, -0.25) is 4.79 Å². The average molecular weight is 449 g/mol. The van der Waals surface area contributed by atoms with Crippen LogP contribution in [0, 0.1) is 0 Å².